The van der Waals surface area contributed by atoms with Crippen molar-refractivity contribution in [2.45, 2.75) is 18.4 Å². The molecule has 1 aliphatic heterocycles. The van der Waals surface area contributed by atoms with E-state index in [4.69, 9.17) is 4.74 Å². The minimum Gasteiger partial charge on any atom is -0.508 e. The number of benzene rings is 2. The third-order valence-electron chi connectivity index (χ3n) is 4.66. The lowest BCUT2D eigenvalue weighted by Crippen LogP contribution is -2.40. The first kappa shape index (κ1) is 20.2. The van der Waals surface area contributed by atoms with E-state index < -0.39 is 11.6 Å². The molecule has 5 nitrogen and oxygen atoms in total. The van der Waals surface area contributed by atoms with E-state index in [0.29, 0.717) is 11.5 Å². The highest BCUT2D eigenvalue weighted by atomic mass is 35.5. The monoisotopic (exact) mass is 377 g/mol. The highest BCUT2D eigenvalue weighted by molar-refractivity contribution is 5.86. The zero-order valence-corrected chi connectivity index (χ0v) is 15.2. The molecule has 2 aromatic rings. The van der Waals surface area contributed by atoms with Gasteiger partial charge in [0.1, 0.15) is 5.75 Å². The highest BCUT2D eigenvalue weighted by Crippen LogP contribution is 2.33. The van der Waals surface area contributed by atoms with Crippen LogP contribution in [0.5, 0.6) is 5.75 Å². The largest absolute Gasteiger partial charge is 0.508 e. The molecule has 1 atom stereocenters. The van der Waals surface area contributed by atoms with Gasteiger partial charge in [0.2, 0.25) is 5.60 Å². The SMILES string of the molecule is Cl.O=C(OCC1CCNCC1)[C@](O)(c1ccccc1)c1cccc(O)c1. The number of nitrogens with one attached hydrogen (secondary N) is 1. The Bertz CT molecular complexity index is 719. The first-order valence-corrected chi connectivity index (χ1v) is 8.56. The first-order valence-electron chi connectivity index (χ1n) is 8.56. The second-order valence-corrected chi connectivity index (χ2v) is 6.42. The number of piperidine rings is 1. The van der Waals surface area contributed by atoms with Gasteiger partial charge in [-0.05, 0) is 49.5 Å². The van der Waals surface area contributed by atoms with E-state index in [0.717, 1.165) is 25.9 Å². The standard InChI is InChI=1S/C20H23NO4.ClH/c22-18-8-4-7-17(13-18)20(24,16-5-2-1-3-6-16)19(23)25-14-15-9-11-21-12-10-15;/h1-8,13,15,21-22,24H,9-12,14H2;1H/t20-;/m0./s1. The number of phenolic OH excluding ortho intramolecular Hbond substituents is 1. The van der Waals surface area contributed by atoms with Crippen molar-refractivity contribution >= 4 is 18.4 Å². The molecule has 0 aromatic heterocycles. The first-order chi connectivity index (χ1) is 12.1. The number of ether oxygens (including phenoxy) is 1. The number of hydrogen-bond acceptors (Lipinski definition) is 5. The summed E-state index contributed by atoms with van der Waals surface area (Å²) in [5, 5.41) is 24.3. The molecule has 1 heterocycles. The van der Waals surface area contributed by atoms with Crippen molar-refractivity contribution in [3.05, 3.63) is 65.7 Å². The van der Waals surface area contributed by atoms with Crippen LogP contribution in [0.1, 0.15) is 24.0 Å². The normalized spacial score (nSPS) is 17.0. The van der Waals surface area contributed by atoms with Crippen LogP contribution < -0.4 is 5.32 Å². The Morgan fingerprint density at radius 1 is 1.08 bits per heavy atom. The van der Waals surface area contributed by atoms with Crippen LogP contribution >= 0.6 is 12.4 Å². The Balaban J connectivity index is 0.00000243. The number of aromatic hydroxyl groups is 1. The number of phenols is 1. The van der Waals surface area contributed by atoms with Gasteiger partial charge in [0.25, 0.3) is 0 Å². The molecule has 0 bridgehead atoms. The van der Waals surface area contributed by atoms with Gasteiger partial charge in [-0.3, -0.25) is 0 Å². The van der Waals surface area contributed by atoms with Crippen molar-refractivity contribution in [2.75, 3.05) is 19.7 Å². The molecule has 1 aliphatic rings. The molecule has 0 saturated carbocycles. The maximum absolute atomic E-state index is 12.9. The molecule has 0 unspecified atom stereocenters. The maximum atomic E-state index is 12.9. The molecule has 6 heteroatoms. The van der Waals surface area contributed by atoms with Gasteiger partial charge in [0.05, 0.1) is 6.61 Å². The van der Waals surface area contributed by atoms with Crippen LogP contribution in [0.3, 0.4) is 0 Å². The van der Waals surface area contributed by atoms with Crippen molar-refractivity contribution < 1.29 is 19.7 Å². The van der Waals surface area contributed by atoms with Gasteiger partial charge in [-0.2, -0.15) is 0 Å². The van der Waals surface area contributed by atoms with Crippen molar-refractivity contribution in [1.82, 2.24) is 5.32 Å². The Morgan fingerprint density at radius 3 is 2.38 bits per heavy atom. The summed E-state index contributed by atoms with van der Waals surface area (Å²) in [5.74, 6) is -0.435. The fraction of sp³-hybridized carbons (Fsp3) is 0.350. The summed E-state index contributed by atoms with van der Waals surface area (Å²) in [6, 6.07) is 14.8. The highest BCUT2D eigenvalue weighted by Gasteiger charge is 2.42. The zero-order chi connectivity index (χ0) is 17.7. The molecule has 26 heavy (non-hydrogen) atoms. The number of esters is 1. The van der Waals surface area contributed by atoms with E-state index in [1.54, 1.807) is 36.4 Å². The number of halogens is 1. The van der Waals surface area contributed by atoms with Crippen molar-refractivity contribution in [2.24, 2.45) is 5.92 Å². The molecule has 1 fully saturated rings. The third-order valence-corrected chi connectivity index (χ3v) is 4.66. The lowest BCUT2D eigenvalue weighted by atomic mass is 9.86. The summed E-state index contributed by atoms with van der Waals surface area (Å²) in [6.45, 7) is 2.12. The Labute approximate surface area is 159 Å². The second-order valence-electron chi connectivity index (χ2n) is 6.42. The minimum atomic E-state index is -1.95. The van der Waals surface area contributed by atoms with Gasteiger partial charge in [0, 0.05) is 5.56 Å². The van der Waals surface area contributed by atoms with E-state index in [9.17, 15) is 15.0 Å². The molecule has 0 spiro atoms. The Kier molecular flexibility index (Phi) is 7.03. The van der Waals surface area contributed by atoms with Crippen LogP contribution in [0.25, 0.3) is 0 Å². The molecule has 0 aliphatic carbocycles. The van der Waals surface area contributed by atoms with E-state index in [2.05, 4.69) is 5.32 Å². The number of carbonyl (C=O) groups is 1. The fourth-order valence-corrected chi connectivity index (χ4v) is 3.16. The Morgan fingerprint density at radius 2 is 1.73 bits per heavy atom. The lowest BCUT2D eigenvalue weighted by molar-refractivity contribution is -0.163. The number of carbonyl (C=O) groups excluding carboxylic acids is 1. The summed E-state index contributed by atoms with van der Waals surface area (Å²) >= 11 is 0. The molecule has 0 amide bonds. The Hall–Kier alpha value is -2.08. The maximum Gasteiger partial charge on any atom is 0.347 e. The molecular weight excluding hydrogens is 354 g/mol. The molecule has 1 saturated heterocycles. The fourth-order valence-electron chi connectivity index (χ4n) is 3.16. The van der Waals surface area contributed by atoms with Crippen LogP contribution in [0, 0.1) is 5.92 Å². The number of aliphatic hydroxyl groups is 1. The predicted octanol–water partition coefficient (Wildman–Crippen LogP) is 2.59. The average Bonchev–Trinajstić information content (AvgIpc) is 2.67. The van der Waals surface area contributed by atoms with Gasteiger partial charge in [-0.1, -0.05) is 42.5 Å². The summed E-state index contributed by atoms with van der Waals surface area (Å²) in [5.41, 5.74) is -1.25. The average molecular weight is 378 g/mol. The third kappa shape index (κ3) is 4.36. The van der Waals surface area contributed by atoms with Crippen LogP contribution in [0.2, 0.25) is 0 Å². The van der Waals surface area contributed by atoms with Crippen molar-refractivity contribution in [3.8, 4) is 5.75 Å². The smallest absolute Gasteiger partial charge is 0.347 e. The number of rotatable bonds is 5. The molecule has 2 aromatic carbocycles. The van der Waals surface area contributed by atoms with E-state index in [1.807, 2.05) is 6.07 Å². The predicted molar refractivity (Wildman–Crippen MR) is 101 cm³/mol. The molecule has 3 rings (SSSR count). The van der Waals surface area contributed by atoms with Gasteiger partial charge in [0.15, 0.2) is 0 Å². The van der Waals surface area contributed by atoms with Gasteiger partial charge in [-0.25, -0.2) is 4.79 Å². The van der Waals surface area contributed by atoms with Crippen molar-refractivity contribution in [3.63, 3.8) is 0 Å². The zero-order valence-electron chi connectivity index (χ0n) is 14.4. The minimum absolute atomic E-state index is 0. The van der Waals surface area contributed by atoms with Crippen molar-refractivity contribution in [1.29, 1.82) is 0 Å². The van der Waals surface area contributed by atoms with E-state index in [-0.39, 0.29) is 30.3 Å². The topological polar surface area (TPSA) is 78.8 Å². The van der Waals surface area contributed by atoms with Crippen LogP contribution in [0.15, 0.2) is 54.6 Å². The summed E-state index contributed by atoms with van der Waals surface area (Å²) in [7, 11) is 0. The molecule has 3 N–H and O–H groups in total. The van der Waals surface area contributed by atoms with E-state index in [1.165, 1.54) is 12.1 Å². The van der Waals surface area contributed by atoms with E-state index >= 15 is 0 Å². The molecule has 140 valence electrons. The van der Waals surface area contributed by atoms with Crippen LogP contribution in [0.4, 0.5) is 0 Å². The lowest BCUT2D eigenvalue weighted by Gasteiger charge is -2.29. The summed E-state index contributed by atoms with van der Waals surface area (Å²) < 4.78 is 5.50. The molecule has 0 radical (unpaired) electrons. The molecular formula is C20H24ClNO4. The quantitative estimate of drug-likeness (QED) is 0.698. The van der Waals surface area contributed by atoms with Gasteiger partial charge < -0.3 is 20.3 Å². The van der Waals surface area contributed by atoms with Crippen LogP contribution in [-0.4, -0.2) is 35.9 Å². The van der Waals surface area contributed by atoms with Gasteiger partial charge in [-0.15, -0.1) is 12.4 Å². The summed E-state index contributed by atoms with van der Waals surface area (Å²) in [4.78, 5) is 12.9. The summed E-state index contributed by atoms with van der Waals surface area (Å²) in [6.07, 6.45) is 1.90. The number of hydrogen-bond donors (Lipinski definition) is 3. The van der Waals surface area contributed by atoms with Crippen LogP contribution in [-0.2, 0) is 15.1 Å². The second kappa shape index (κ2) is 9.03. The van der Waals surface area contributed by atoms with Gasteiger partial charge >= 0.3 is 5.97 Å².